The second-order valence-electron chi connectivity index (χ2n) is 5.21. The van der Waals surface area contributed by atoms with Gasteiger partial charge >= 0.3 is 0 Å². The molecule has 1 aromatic rings. The fraction of sp³-hybridized carbons (Fsp3) is 0.571. The molecule has 3 nitrogen and oxygen atoms in total. The lowest BCUT2D eigenvalue weighted by atomic mass is 9.78. The maximum absolute atomic E-state index is 5.71. The summed E-state index contributed by atoms with van der Waals surface area (Å²) in [6.07, 6.45) is 3.90. The van der Waals surface area contributed by atoms with Crippen LogP contribution in [0, 0.1) is 0 Å². The summed E-state index contributed by atoms with van der Waals surface area (Å²) in [6.45, 7) is 4.47. The van der Waals surface area contributed by atoms with Gasteiger partial charge in [-0.15, -0.1) is 0 Å². The van der Waals surface area contributed by atoms with Crippen LogP contribution < -0.4 is 14.8 Å². The highest BCUT2D eigenvalue weighted by Gasteiger charge is 2.31. The maximum Gasteiger partial charge on any atom is 0.165 e. The molecule has 1 heterocycles. The lowest BCUT2D eigenvalue weighted by Gasteiger charge is -2.39. The van der Waals surface area contributed by atoms with E-state index in [0.29, 0.717) is 18.8 Å². The molecule has 0 atom stereocenters. The highest BCUT2D eigenvalue weighted by atomic mass is 16.6. The molecular weight excluding hydrogens is 214 g/mol. The molecule has 0 unspecified atom stereocenters. The number of hydrogen-bond donors (Lipinski definition) is 1. The predicted octanol–water partition coefficient (Wildman–Crippen LogP) is 2.49. The van der Waals surface area contributed by atoms with E-state index in [9.17, 15) is 0 Å². The topological polar surface area (TPSA) is 30.5 Å². The number of rotatable bonds is 3. The summed E-state index contributed by atoms with van der Waals surface area (Å²) in [4.78, 5) is 0. The molecule has 0 radical (unpaired) electrons. The summed E-state index contributed by atoms with van der Waals surface area (Å²) < 4.78 is 11.3. The number of nitrogens with one attached hydrogen (secondary N) is 1. The Labute approximate surface area is 102 Å². The molecule has 92 valence electrons. The molecular formula is C14H19NO2. The SMILES string of the molecule is CC1(NCc2cccc3c2OCCO3)CCC1. The van der Waals surface area contributed by atoms with Crippen LogP contribution in [0.15, 0.2) is 18.2 Å². The van der Waals surface area contributed by atoms with Crippen molar-refractivity contribution >= 4 is 0 Å². The number of fused-ring (bicyclic) bond motifs is 1. The van der Waals surface area contributed by atoms with Crippen LogP contribution in [0.5, 0.6) is 11.5 Å². The zero-order chi connectivity index (χ0) is 11.7. The predicted molar refractivity (Wildman–Crippen MR) is 66.5 cm³/mol. The highest BCUT2D eigenvalue weighted by molar-refractivity contribution is 5.47. The smallest absolute Gasteiger partial charge is 0.165 e. The van der Waals surface area contributed by atoms with Crippen LogP contribution in [-0.4, -0.2) is 18.8 Å². The molecule has 17 heavy (non-hydrogen) atoms. The Bertz CT molecular complexity index is 413. The Morgan fingerprint density at radius 3 is 2.82 bits per heavy atom. The number of benzene rings is 1. The third-order valence-corrected chi connectivity index (χ3v) is 3.81. The fourth-order valence-corrected chi connectivity index (χ4v) is 2.47. The van der Waals surface area contributed by atoms with E-state index in [0.717, 1.165) is 18.0 Å². The van der Waals surface area contributed by atoms with E-state index < -0.39 is 0 Å². The van der Waals surface area contributed by atoms with Crippen molar-refractivity contribution in [3.05, 3.63) is 23.8 Å². The Balaban J connectivity index is 1.74. The Morgan fingerprint density at radius 1 is 1.24 bits per heavy atom. The average molecular weight is 233 g/mol. The van der Waals surface area contributed by atoms with Gasteiger partial charge in [0.1, 0.15) is 13.2 Å². The number of para-hydroxylation sites is 1. The van der Waals surface area contributed by atoms with E-state index in [1.54, 1.807) is 0 Å². The summed E-state index contributed by atoms with van der Waals surface area (Å²) in [6, 6.07) is 6.12. The largest absolute Gasteiger partial charge is 0.486 e. The van der Waals surface area contributed by atoms with Crippen LogP contribution in [0.3, 0.4) is 0 Å². The van der Waals surface area contributed by atoms with Gasteiger partial charge in [-0.05, 0) is 32.3 Å². The van der Waals surface area contributed by atoms with Crippen LogP contribution in [0.25, 0.3) is 0 Å². The maximum atomic E-state index is 5.71. The first-order valence-corrected chi connectivity index (χ1v) is 6.39. The van der Waals surface area contributed by atoms with Crippen molar-refractivity contribution in [2.75, 3.05) is 13.2 Å². The molecule has 1 aromatic carbocycles. The quantitative estimate of drug-likeness (QED) is 0.870. The van der Waals surface area contributed by atoms with Crippen LogP contribution in [0.4, 0.5) is 0 Å². The van der Waals surface area contributed by atoms with Gasteiger partial charge < -0.3 is 14.8 Å². The van der Waals surface area contributed by atoms with Gasteiger partial charge in [-0.2, -0.15) is 0 Å². The molecule has 1 N–H and O–H groups in total. The molecule has 1 aliphatic carbocycles. The molecule has 1 fully saturated rings. The third-order valence-electron chi connectivity index (χ3n) is 3.81. The van der Waals surface area contributed by atoms with E-state index in [1.165, 1.54) is 24.8 Å². The van der Waals surface area contributed by atoms with E-state index in [2.05, 4.69) is 18.3 Å². The fourth-order valence-electron chi connectivity index (χ4n) is 2.47. The lowest BCUT2D eigenvalue weighted by molar-refractivity contribution is 0.167. The molecule has 3 rings (SSSR count). The second kappa shape index (κ2) is 4.22. The first-order valence-electron chi connectivity index (χ1n) is 6.39. The summed E-state index contributed by atoms with van der Waals surface area (Å²) in [5.74, 6) is 1.81. The molecule has 1 aliphatic heterocycles. The third kappa shape index (κ3) is 2.12. The molecule has 0 amide bonds. The minimum Gasteiger partial charge on any atom is -0.486 e. The summed E-state index contributed by atoms with van der Waals surface area (Å²) in [5, 5.41) is 3.63. The van der Waals surface area contributed by atoms with E-state index in [-0.39, 0.29) is 0 Å². The number of hydrogen-bond acceptors (Lipinski definition) is 3. The van der Waals surface area contributed by atoms with Crippen LogP contribution >= 0.6 is 0 Å². The Hall–Kier alpha value is -1.22. The highest BCUT2D eigenvalue weighted by Crippen LogP contribution is 2.35. The monoisotopic (exact) mass is 233 g/mol. The first kappa shape index (κ1) is 10.9. The zero-order valence-electron chi connectivity index (χ0n) is 10.3. The minimum atomic E-state index is 0.332. The summed E-state index contributed by atoms with van der Waals surface area (Å²) in [7, 11) is 0. The van der Waals surface area contributed by atoms with Crippen LogP contribution in [-0.2, 0) is 6.54 Å². The van der Waals surface area contributed by atoms with Gasteiger partial charge in [0.25, 0.3) is 0 Å². The molecule has 0 bridgehead atoms. The minimum absolute atomic E-state index is 0.332. The van der Waals surface area contributed by atoms with Gasteiger partial charge in [0, 0.05) is 17.6 Å². The normalized spacial score (nSPS) is 20.8. The van der Waals surface area contributed by atoms with Gasteiger partial charge in [-0.3, -0.25) is 0 Å². The van der Waals surface area contributed by atoms with Gasteiger partial charge in [-0.1, -0.05) is 12.1 Å². The van der Waals surface area contributed by atoms with E-state index in [1.807, 2.05) is 12.1 Å². The standard InChI is InChI=1S/C14H19NO2/c1-14(6-3-7-14)15-10-11-4-2-5-12-13(11)17-9-8-16-12/h2,4-5,15H,3,6-10H2,1H3. The molecule has 0 saturated heterocycles. The van der Waals surface area contributed by atoms with Crippen LogP contribution in [0.2, 0.25) is 0 Å². The molecule has 1 saturated carbocycles. The molecule has 3 heteroatoms. The molecule has 0 spiro atoms. The second-order valence-corrected chi connectivity index (χ2v) is 5.21. The number of ether oxygens (including phenoxy) is 2. The average Bonchev–Trinajstić information content (AvgIpc) is 2.34. The van der Waals surface area contributed by atoms with E-state index >= 15 is 0 Å². The Kier molecular flexibility index (Phi) is 2.71. The van der Waals surface area contributed by atoms with E-state index in [4.69, 9.17) is 9.47 Å². The zero-order valence-corrected chi connectivity index (χ0v) is 10.3. The van der Waals surface area contributed by atoms with Crippen molar-refractivity contribution in [3.8, 4) is 11.5 Å². The lowest BCUT2D eigenvalue weighted by Crippen LogP contribution is -2.47. The Morgan fingerprint density at radius 2 is 2.06 bits per heavy atom. The van der Waals surface area contributed by atoms with Crippen molar-refractivity contribution < 1.29 is 9.47 Å². The summed E-state index contributed by atoms with van der Waals surface area (Å²) in [5.41, 5.74) is 1.54. The van der Waals surface area contributed by atoms with Crippen molar-refractivity contribution in [1.29, 1.82) is 0 Å². The van der Waals surface area contributed by atoms with Crippen molar-refractivity contribution in [2.45, 2.75) is 38.3 Å². The van der Waals surface area contributed by atoms with Crippen molar-refractivity contribution in [2.24, 2.45) is 0 Å². The summed E-state index contributed by atoms with van der Waals surface area (Å²) >= 11 is 0. The van der Waals surface area contributed by atoms with Crippen molar-refractivity contribution in [1.82, 2.24) is 5.32 Å². The van der Waals surface area contributed by atoms with Gasteiger partial charge in [-0.25, -0.2) is 0 Å². The van der Waals surface area contributed by atoms with Crippen LogP contribution in [0.1, 0.15) is 31.7 Å². The molecule has 0 aromatic heterocycles. The first-order chi connectivity index (χ1) is 8.27. The molecule has 2 aliphatic rings. The van der Waals surface area contributed by atoms with Gasteiger partial charge in [0.15, 0.2) is 11.5 Å². The van der Waals surface area contributed by atoms with Gasteiger partial charge in [0.2, 0.25) is 0 Å². The van der Waals surface area contributed by atoms with Gasteiger partial charge in [0.05, 0.1) is 0 Å². The van der Waals surface area contributed by atoms with Crippen molar-refractivity contribution in [3.63, 3.8) is 0 Å².